The van der Waals surface area contributed by atoms with Crippen molar-refractivity contribution >= 4 is 35.0 Å². The van der Waals surface area contributed by atoms with E-state index in [1.165, 1.54) is 3.97 Å². The summed E-state index contributed by atoms with van der Waals surface area (Å²) in [4.78, 5) is 4.07. The molecule has 2 aromatic rings. The topological polar surface area (TPSA) is 17.8 Å². The standard InChI is InChI=1S/C8H6ClFN2S/c1-5-4-7(9)11-6-2-3-12(13-10)8(5)6/h2-4H,1H3. The SMILES string of the molecule is Cc1cc(Cl)nc2ccn(SF)c12. The Kier molecular flexibility index (Phi) is 2.17. The minimum atomic E-state index is 0.159. The third kappa shape index (κ3) is 1.40. The highest BCUT2D eigenvalue weighted by atomic mass is 35.5. The summed E-state index contributed by atoms with van der Waals surface area (Å²) >= 11 is 5.91. The Morgan fingerprint density at radius 1 is 1.62 bits per heavy atom. The highest BCUT2D eigenvalue weighted by Gasteiger charge is 2.06. The first-order valence-electron chi connectivity index (χ1n) is 3.65. The molecule has 0 aliphatic rings. The van der Waals surface area contributed by atoms with Crippen LogP contribution in [-0.4, -0.2) is 8.96 Å². The number of fused-ring (bicyclic) bond motifs is 1. The lowest BCUT2D eigenvalue weighted by Gasteiger charge is -2.00. The quantitative estimate of drug-likeness (QED) is 0.681. The number of aryl methyl sites for hydroxylation is 1. The molecule has 2 nitrogen and oxygen atoms in total. The Morgan fingerprint density at radius 3 is 3.08 bits per heavy atom. The summed E-state index contributed by atoms with van der Waals surface area (Å²) in [5, 5.41) is 0.437. The molecule has 0 radical (unpaired) electrons. The molecule has 0 bridgehead atoms. The maximum absolute atomic E-state index is 12.4. The molecule has 0 N–H and O–H groups in total. The molecule has 0 unspecified atom stereocenters. The number of pyridine rings is 1. The summed E-state index contributed by atoms with van der Waals surface area (Å²) in [5.74, 6) is 0. The average molecular weight is 217 g/mol. The van der Waals surface area contributed by atoms with E-state index >= 15 is 0 Å². The van der Waals surface area contributed by atoms with Crippen LogP contribution in [0.5, 0.6) is 0 Å². The molecular weight excluding hydrogens is 211 g/mol. The predicted octanol–water partition coefficient (Wildman–Crippen LogP) is 3.38. The lowest BCUT2D eigenvalue weighted by atomic mass is 10.2. The summed E-state index contributed by atoms with van der Waals surface area (Å²) in [6.07, 6.45) is 1.63. The number of hydrogen-bond donors (Lipinski definition) is 0. The molecule has 0 saturated heterocycles. The molecule has 2 aromatic heterocycles. The van der Waals surface area contributed by atoms with Gasteiger partial charge in [-0.1, -0.05) is 11.6 Å². The van der Waals surface area contributed by atoms with E-state index in [0.29, 0.717) is 5.15 Å². The number of nitrogens with zero attached hydrogens (tertiary/aromatic N) is 2. The summed E-state index contributed by atoms with van der Waals surface area (Å²) in [7, 11) is 0. The molecule has 2 rings (SSSR count). The van der Waals surface area contributed by atoms with Crippen LogP contribution in [0.15, 0.2) is 18.3 Å². The number of halogens is 2. The van der Waals surface area contributed by atoms with Gasteiger partial charge in [-0.15, -0.1) is 3.89 Å². The minimum Gasteiger partial charge on any atom is -0.262 e. The highest BCUT2D eigenvalue weighted by molar-refractivity contribution is 7.92. The fourth-order valence-electron chi connectivity index (χ4n) is 1.32. The molecule has 0 atom stereocenters. The van der Waals surface area contributed by atoms with Gasteiger partial charge in [0.25, 0.3) is 0 Å². The van der Waals surface area contributed by atoms with Gasteiger partial charge in [0, 0.05) is 6.20 Å². The predicted molar refractivity (Wildman–Crippen MR) is 53.6 cm³/mol. The van der Waals surface area contributed by atoms with Gasteiger partial charge in [0.2, 0.25) is 0 Å². The van der Waals surface area contributed by atoms with Crippen LogP contribution in [0.3, 0.4) is 0 Å². The molecule has 0 saturated carbocycles. The smallest absolute Gasteiger partial charge is 0.169 e. The molecule has 0 fully saturated rings. The van der Waals surface area contributed by atoms with Crippen LogP contribution in [0.4, 0.5) is 3.89 Å². The van der Waals surface area contributed by atoms with E-state index in [4.69, 9.17) is 11.6 Å². The van der Waals surface area contributed by atoms with Gasteiger partial charge in [0.05, 0.1) is 11.0 Å². The first-order valence-corrected chi connectivity index (χ1v) is 4.71. The van der Waals surface area contributed by atoms with Gasteiger partial charge in [-0.2, -0.15) is 0 Å². The van der Waals surface area contributed by atoms with Gasteiger partial charge < -0.3 is 0 Å². The number of rotatable bonds is 1. The van der Waals surface area contributed by atoms with Crippen LogP contribution in [0.25, 0.3) is 11.0 Å². The Labute approximate surface area is 84.1 Å². The van der Waals surface area contributed by atoms with E-state index in [9.17, 15) is 3.89 Å². The van der Waals surface area contributed by atoms with E-state index < -0.39 is 0 Å². The van der Waals surface area contributed by atoms with Gasteiger partial charge >= 0.3 is 0 Å². The van der Waals surface area contributed by atoms with Crippen molar-refractivity contribution in [2.75, 3.05) is 0 Å². The Morgan fingerprint density at radius 2 is 2.38 bits per heavy atom. The van der Waals surface area contributed by atoms with Crippen molar-refractivity contribution in [1.29, 1.82) is 0 Å². The molecule has 0 amide bonds. The largest absolute Gasteiger partial charge is 0.262 e. The summed E-state index contributed by atoms with van der Waals surface area (Å²) in [6.45, 7) is 1.88. The monoisotopic (exact) mass is 216 g/mol. The zero-order valence-electron chi connectivity index (χ0n) is 6.79. The molecule has 0 aliphatic heterocycles. The zero-order chi connectivity index (χ0) is 9.42. The van der Waals surface area contributed by atoms with Crippen LogP contribution in [0.2, 0.25) is 5.15 Å². The molecule has 2 heterocycles. The second kappa shape index (κ2) is 3.20. The third-order valence-electron chi connectivity index (χ3n) is 1.84. The zero-order valence-corrected chi connectivity index (χ0v) is 8.36. The van der Waals surface area contributed by atoms with Crippen molar-refractivity contribution in [3.8, 4) is 0 Å². The second-order valence-corrected chi connectivity index (χ2v) is 3.62. The van der Waals surface area contributed by atoms with Crippen molar-refractivity contribution < 1.29 is 3.89 Å². The van der Waals surface area contributed by atoms with E-state index in [1.807, 2.05) is 6.92 Å². The summed E-state index contributed by atoms with van der Waals surface area (Å²) in [6, 6.07) is 3.46. The Balaban J connectivity index is 2.82. The van der Waals surface area contributed by atoms with Gasteiger partial charge in [-0.05, 0) is 24.6 Å². The normalized spacial score (nSPS) is 11.0. The molecule has 13 heavy (non-hydrogen) atoms. The van der Waals surface area contributed by atoms with Crippen molar-refractivity contribution in [2.45, 2.75) is 6.92 Å². The summed E-state index contributed by atoms with van der Waals surface area (Å²) in [5.41, 5.74) is 2.41. The van der Waals surface area contributed by atoms with Crippen LogP contribution in [0, 0.1) is 6.92 Å². The Bertz CT molecular complexity index is 455. The van der Waals surface area contributed by atoms with Gasteiger partial charge in [-0.25, -0.2) is 4.98 Å². The fraction of sp³-hybridized carbons (Fsp3) is 0.125. The number of hydrogen-bond acceptors (Lipinski definition) is 2. The highest BCUT2D eigenvalue weighted by Crippen LogP contribution is 2.25. The van der Waals surface area contributed by atoms with Crippen molar-refractivity contribution in [1.82, 2.24) is 8.96 Å². The molecule has 0 aromatic carbocycles. The molecule has 0 aliphatic carbocycles. The maximum Gasteiger partial charge on any atom is 0.169 e. The summed E-state index contributed by atoms with van der Waals surface area (Å²) < 4.78 is 13.8. The fourth-order valence-corrected chi connectivity index (χ4v) is 1.99. The lowest BCUT2D eigenvalue weighted by molar-refractivity contribution is 0.921. The first-order chi connectivity index (χ1) is 6.22. The average Bonchev–Trinajstić information content (AvgIpc) is 2.47. The van der Waals surface area contributed by atoms with Crippen LogP contribution >= 0.6 is 23.9 Å². The van der Waals surface area contributed by atoms with E-state index in [1.54, 1.807) is 18.3 Å². The first kappa shape index (κ1) is 8.84. The van der Waals surface area contributed by atoms with Gasteiger partial charge in [-0.3, -0.25) is 3.97 Å². The van der Waals surface area contributed by atoms with Gasteiger partial charge in [0.15, 0.2) is 12.3 Å². The lowest BCUT2D eigenvalue weighted by Crippen LogP contribution is -1.86. The number of aromatic nitrogens is 2. The maximum atomic E-state index is 12.4. The molecular formula is C8H6ClFN2S. The van der Waals surface area contributed by atoms with E-state index in [-0.39, 0.29) is 12.3 Å². The van der Waals surface area contributed by atoms with E-state index in [0.717, 1.165) is 16.6 Å². The Hall–Kier alpha value is -0.740. The molecule has 5 heteroatoms. The molecule has 0 spiro atoms. The van der Waals surface area contributed by atoms with Gasteiger partial charge in [0.1, 0.15) is 5.15 Å². The van der Waals surface area contributed by atoms with Crippen LogP contribution in [-0.2, 0) is 0 Å². The minimum absolute atomic E-state index is 0.159. The van der Waals surface area contributed by atoms with Crippen LogP contribution in [0.1, 0.15) is 5.56 Å². The van der Waals surface area contributed by atoms with Crippen molar-refractivity contribution in [2.24, 2.45) is 0 Å². The van der Waals surface area contributed by atoms with E-state index in [2.05, 4.69) is 4.98 Å². The van der Waals surface area contributed by atoms with Crippen molar-refractivity contribution in [3.63, 3.8) is 0 Å². The third-order valence-corrected chi connectivity index (χ3v) is 2.49. The molecule has 68 valence electrons. The second-order valence-electron chi connectivity index (χ2n) is 2.71. The van der Waals surface area contributed by atoms with Crippen LogP contribution < -0.4 is 0 Å². The van der Waals surface area contributed by atoms with Crippen molar-refractivity contribution in [3.05, 3.63) is 29.0 Å².